The Kier molecular flexibility index (Phi) is 3.44. The van der Waals surface area contributed by atoms with E-state index >= 15 is 0 Å². The predicted octanol–water partition coefficient (Wildman–Crippen LogP) is 1.42. The molecule has 0 bridgehead atoms. The van der Waals surface area contributed by atoms with E-state index in [1.165, 1.54) is 19.1 Å². The van der Waals surface area contributed by atoms with E-state index < -0.39 is 0 Å². The second kappa shape index (κ2) is 4.17. The molecule has 0 radical (unpaired) electrons. The molecule has 0 amide bonds. The largest absolute Gasteiger partial charge is 0.513 e. The SMILES string of the molecule is C/C(O)=C/C=C(C#N)C#N. The molecule has 0 rings (SSSR count). The van der Waals surface area contributed by atoms with Crippen LogP contribution in [0, 0.1) is 22.7 Å². The lowest BCUT2D eigenvalue weighted by Gasteiger charge is -1.80. The molecule has 10 heavy (non-hydrogen) atoms. The van der Waals surface area contributed by atoms with Gasteiger partial charge in [0, 0.05) is 0 Å². The number of rotatable bonds is 1. The van der Waals surface area contributed by atoms with E-state index in [0.29, 0.717) is 0 Å². The molecule has 0 fully saturated rings. The van der Waals surface area contributed by atoms with Crippen LogP contribution in [0.2, 0.25) is 0 Å². The Bertz CT molecular complexity index is 230. The summed E-state index contributed by atoms with van der Waals surface area (Å²) in [5.74, 6) is 0.0722. The van der Waals surface area contributed by atoms with Gasteiger partial charge in [-0.15, -0.1) is 0 Å². The van der Waals surface area contributed by atoms with E-state index in [4.69, 9.17) is 15.6 Å². The Hall–Kier alpha value is -1.74. The van der Waals surface area contributed by atoms with Gasteiger partial charge in [0.2, 0.25) is 0 Å². The molecule has 0 aliphatic carbocycles. The first-order chi connectivity index (χ1) is 4.70. The van der Waals surface area contributed by atoms with Crippen LogP contribution >= 0.6 is 0 Å². The van der Waals surface area contributed by atoms with Gasteiger partial charge < -0.3 is 5.11 Å². The summed E-state index contributed by atoms with van der Waals surface area (Å²) in [6.45, 7) is 1.46. The van der Waals surface area contributed by atoms with Crippen molar-refractivity contribution < 1.29 is 5.11 Å². The van der Waals surface area contributed by atoms with E-state index in [1.807, 2.05) is 0 Å². The third-order valence-corrected chi connectivity index (χ3v) is 0.732. The lowest BCUT2D eigenvalue weighted by atomic mass is 10.3. The molecule has 0 aromatic heterocycles. The van der Waals surface area contributed by atoms with E-state index in [0.717, 1.165) is 0 Å². The monoisotopic (exact) mass is 134 g/mol. The zero-order chi connectivity index (χ0) is 7.98. The molecule has 0 aliphatic heterocycles. The van der Waals surface area contributed by atoms with Crippen LogP contribution in [-0.2, 0) is 0 Å². The Morgan fingerprint density at radius 2 is 1.80 bits per heavy atom. The maximum absolute atomic E-state index is 8.59. The van der Waals surface area contributed by atoms with Crippen molar-refractivity contribution in [3.05, 3.63) is 23.5 Å². The molecule has 0 saturated carbocycles. The number of nitrogens with zero attached hydrogens (tertiary/aromatic N) is 2. The van der Waals surface area contributed by atoms with Gasteiger partial charge in [0.05, 0.1) is 5.76 Å². The minimum absolute atomic E-state index is 0.0200. The maximum atomic E-state index is 8.59. The van der Waals surface area contributed by atoms with Crippen LogP contribution in [0.3, 0.4) is 0 Å². The number of nitriles is 2. The topological polar surface area (TPSA) is 67.8 Å². The van der Waals surface area contributed by atoms with Crippen LogP contribution in [0.5, 0.6) is 0 Å². The van der Waals surface area contributed by atoms with Crippen molar-refractivity contribution in [3.63, 3.8) is 0 Å². The quantitative estimate of drug-likeness (QED) is 0.335. The lowest BCUT2D eigenvalue weighted by Crippen LogP contribution is -1.71. The van der Waals surface area contributed by atoms with Crippen LogP contribution < -0.4 is 0 Å². The third-order valence-electron chi connectivity index (χ3n) is 0.732. The highest BCUT2D eigenvalue weighted by Gasteiger charge is 1.86. The van der Waals surface area contributed by atoms with Crippen LogP contribution in [0.1, 0.15) is 6.92 Å². The van der Waals surface area contributed by atoms with Gasteiger partial charge >= 0.3 is 0 Å². The molecule has 0 unspecified atom stereocenters. The van der Waals surface area contributed by atoms with Gasteiger partial charge in [-0.05, 0) is 19.1 Å². The highest BCUT2D eigenvalue weighted by atomic mass is 16.3. The van der Waals surface area contributed by atoms with Gasteiger partial charge in [-0.1, -0.05) is 0 Å². The van der Waals surface area contributed by atoms with Crippen molar-refractivity contribution in [2.45, 2.75) is 6.92 Å². The van der Waals surface area contributed by atoms with Gasteiger partial charge in [-0.2, -0.15) is 10.5 Å². The number of hydrogen-bond donors (Lipinski definition) is 1. The highest BCUT2D eigenvalue weighted by Crippen LogP contribution is 1.92. The zero-order valence-electron chi connectivity index (χ0n) is 5.50. The van der Waals surface area contributed by atoms with Gasteiger partial charge in [-0.3, -0.25) is 0 Å². The molecule has 0 aromatic carbocycles. The van der Waals surface area contributed by atoms with Crippen molar-refractivity contribution in [2.24, 2.45) is 0 Å². The van der Waals surface area contributed by atoms with E-state index in [-0.39, 0.29) is 11.3 Å². The molecule has 0 atom stereocenters. The second-order valence-electron chi connectivity index (χ2n) is 1.61. The Morgan fingerprint density at radius 3 is 2.10 bits per heavy atom. The summed E-state index contributed by atoms with van der Waals surface area (Å²) in [6, 6.07) is 3.30. The van der Waals surface area contributed by atoms with Crippen molar-refractivity contribution in [3.8, 4) is 12.1 Å². The van der Waals surface area contributed by atoms with Crippen molar-refractivity contribution in [1.82, 2.24) is 0 Å². The molecule has 0 saturated heterocycles. The van der Waals surface area contributed by atoms with E-state index in [1.54, 1.807) is 12.1 Å². The minimum atomic E-state index is -0.0200. The highest BCUT2D eigenvalue weighted by molar-refractivity contribution is 5.38. The predicted molar refractivity (Wildman–Crippen MR) is 35.7 cm³/mol. The zero-order valence-corrected chi connectivity index (χ0v) is 5.50. The van der Waals surface area contributed by atoms with E-state index in [2.05, 4.69) is 0 Å². The average molecular weight is 134 g/mol. The number of allylic oxidation sites excluding steroid dienone is 4. The average Bonchev–Trinajstić information content (AvgIpc) is 1.90. The van der Waals surface area contributed by atoms with Gasteiger partial charge in [0.1, 0.15) is 17.7 Å². The normalized spacial score (nSPS) is 9.30. The first-order valence-corrected chi connectivity index (χ1v) is 2.58. The standard InChI is InChI=1S/C7H6N2O/c1-6(10)2-3-7(4-8)5-9/h2-3,10H,1H3/b6-2-. The molecule has 0 heterocycles. The molecular weight excluding hydrogens is 128 g/mol. The van der Waals surface area contributed by atoms with Crippen LogP contribution in [0.4, 0.5) is 0 Å². The van der Waals surface area contributed by atoms with E-state index in [9.17, 15) is 0 Å². The summed E-state index contributed by atoms with van der Waals surface area (Å²) in [5, 5.41) is 25.0. The summed E-state index contributed by atoms with van der Waals surface area (Å²) in [4.78, 5) is 0. The van der Waals surface area contributed by atoms with Crippen LogP contribution in [0.15, 0.2) is 23.5 Å². The summed E-state index contributed by atoms with van der Waals surface area (Å²) in [6.07, 6.45) is 2.55. The molecule has 0 aliphatic rings. The first kappa shape index (κ1) is 8.26. The fourth-order valence-corrected chi connectivity index (χ4v) is 0.303. The Morgan fingerprint density at radius 1 is 1.30 bits per heavy atom. The van der Waals surface area contributed by atoms with Crippen molar-refractivity contribution in [2.75, 3.05) is 0 Å². The van der Waals surface area contributed by atoms with Gasteiger partial charge in [-0.25, -0.2) is 0 Å². The molecule has 0 aromatic rings. The fourth-order valence-electron chi connectivity index (χ4n) is 0.303. The molecule has 50 valence electrons. The molecule has 3 nitrogen and oxygen atoms in total. The molecule has 0 spiro atoms. The second-order valence-corrected chi connectivity index (χ2v) is 1.61. The van der Waals surface area contributed by atoms with Gasteiger partial charge in [0.15, 0.2) is 0 Å². The Labute approximate surface area is 59.1 Å². The maximum Gasteiger partial charge on any atom is 0.129 e. The van der Waals surface area contributed by atoms with Crippen LogP contribution in [0.25, 0.3) is 0 Å². The number of hydrogen-bond acceptors (Lipinski definition) is 3. The summed E-state index contributed by atoms with van der Waals surface area (Å²) >= 11 is 0. The Balaban J connectivity index is 4.36. The number of aliphatic hydroxyl groups excluding tert-OH is 1. The molecular formula is C7H6N2O. The van der Waals surface area contributed by atoms with Crippen LogP contribution in [-0.4, -0.2) is 5.11 Å². The molecule has 3 heteroatoms. The smallest absolute Gasteiger partial charge is 0.129 e. The van der Waals surface area contributed by atoms with Gasteiger partial charge in [0.25, 0.3) is 0 Å². The summed E-state index contributed by atoms with van der Waals surface area (Å²) in [7, 11) is 0. The van der Waals surface area contributed by atoms with Crippen molar-refractivity contribution in [1.29, 1.82) is 10.5 Å². The third kappa shape index (κ3) is 3.29. The summed E-state index contributed by atoms with van der Waals surface area (Å²) < 4.78 is 0. The summed E-state index contributed by atoms with van der Waals surface area (Å²) in [5.41, 5.74) is -0.0200. The fraction of sp³-hybridized carbons (Fsp3) is 0.143. The van der Waals surface area contributed by atoms with Crippen molar-refractivity contribution >= 4 is 0 Å². The first-order valence-electron chi connectivity index (χ1n) is 2.58. The number of aliphatic hydroxyl groups is 1. The molecule has 1 N–H and O–H groups in total. The minimum Gasteiger partial charge on any atom is -0.513 e. The lowest BCUT2D eigenvalue weighted by molar-refractivity contribution is 0.414.